The number of rotatable bonds is 2. The number of nitrogens with one attached hydrogen (secondary N) is 1. The van der Waals surface area contributed by atoms with Crippen LogP contribution in [0, 0.1) is 5.82 Å². The van der Waals surface area contributed by atoms with E-state index in [1.807, 2.05) is 0 Å². The summed E-state index contributed by atoms with van der Waals surface area (Å²) >= 11 is 0. The summed E-state index contributed by atoms with van der Waals surface area (Å²) in [5, 5.41) is 0. The van der Waals surface area contributed by atoms with Crippen molar-refractivity contribution >= 4 is 6.29 Å². The van der Waals surface area contributed by atoms with Gasteiger partial charge in [-0.3, -0.25) is 9.59 Å². The van der Waals surface area contributed by atoms with Crippen molar-refractivity contribution in [3.05, 3.63) is 58.3 Å². The Morgan fingerprint density at radius 3 is 2.44 bits per heavy atom. The van der Waals surface area contributed by atoms with E-state index in [2.05, 4.69) is 4.98 Å². The van der Waals surface area contributed by atoms with Crippen LogP contribution in [-0.2, 0) is 0 Å². The van der Waals surface area contributed by atoms with E-state index in [0.717, 1.165) is 0 Å². The molecule has 1 heterocycles. The molecule has 0 saturated heterocycles. The Morgan fingerprint density at radius 1 is 1.06 bits per heavy atom. The molecule has 2 aromatic rings. The molecule has 0 aliphatic carbocycles. The zero-order chi connectivity index (χ0) is 11.5. The summed E-state index contributed by atoms with van der Waals surface area (Å²) in [6, 6.07) is 8.86. The summed E-state index contributed by atoms with van der Waals surface area (Å²) in [6.07, 6.45) is 0.534. The second-order valence-corrected chi connectivity index (χ2v) is 3.25. The number of aldehydes is 1. The van der Waals surface area contributed by atoms with Crippen LogP contribution in [0.3, 0.4) is 0 Å². The summed E-state index contributed by atoms with van der Waals surface area (Å²) in [4.78, 5) is 24.4. The first-order valence-corrected chi connectivity index (χ1v) is 4.66. The molecule has 0 radical (unpaired) electrons. The van der Waals surface area contributed by atoms with Crippen LogP contribution >= 0.6 is 0 Å². The summed E-state index contributed by atoms with van der Waals surface area (Å²) in [6.45, 7) is 0. The molecule has 0 spiro atoms. The molecular formula is C12H8FNO2. The highest BCUT2D eigenvalue weighted by molar-refractivity contribution is 5.73. The number of aromatic nitrogens is 1. The Bertz CT molecular complexity index is 590. The zero-order valence-corrected chi connectivity index (χ0v) is 8.24. The van der Waals surface area contributed by atoms with E-state index in [1.165, 1.54) is 24.3 Å². The van der Waals surface area contributed by atoms with Gasteiger partial charge in [-0.2, -0.15) is 0 Å². The van der Waals surface area contributed by atoms with Crippen LogP contribution < -0.4 is 5.56 Å². The Hall–Kier alpha value is -2.23. The minimum atomic E-state index is -0.477. The van der Waals surface area contributed by atoms with Gasteiger partial charge in [0, 0.05) is 11.1 Å². The van der Waals surface area contributed by atoms with E-state index >= 15 is 0 Å². The lowest BCUT2D eigenvalue weighted by Gasteiger charge is -2.01. The normalized spacial score (nSPS) is 10.1. The second-order valence-electron chi connectivity index (χ2n) is 3.25. The zero-order valence-electron chi connectivity index (χ0n) is 8.24. The van der Waals surface area contributed by atoms with E-state index in [-0.39, 0.29) is 16.8 Å². The first kappa shape index (κ1) is 10.3. The van der Waals surface area contributed by atoms with E-state index in [1.54, 1.807) is 12.1 Å². The molecule has 0 amide bonds. The smallest absolute Gasteiger partial charge is 0.256 e. The van der Waals surface area contributed by atoms with Crippen molar-refractivity contribution in [3.63, 3.8) is 0 Å². The highest BCUT2D eigenvalue weighted by atomic mass is 19.1. The minimum Gasteiger partial charge on any atom is -0.319 e. The van der Waals surface area contributed by atoms with Crippen molar-refractivity contribution in [2.24, 2.45) is 0 Å². The van der Waals surface area contributed by atoms with Gasteiger partial charge >= 0.3 is 0 Å². The van der Waals surface area contributed by atoms with Crippen LogP contribution in [0.25, 0.3) is 11.1 Å². The Kier molecular flexibility index (Phi) is 2.64. The Morgan fingerprint density at radius 2 is 1.81 bits per heavy atom. The van der Waals surface area contributed by atoms with Gasteiger partial charge in [0.05, 0.1) is 5.69 Å². The number of H-pyrrole nitrogens is 1. The largest absolute Gasteiger partial charge is 0.319 e. The van der Waals surface area contributed by atoms with Crippen molar-refractivity contribution in [1.82, 2.24) is 4.98 Å². The third kappa shape index (κ3) is 1.77. The van der Waals surface area contributed by atoms with E-state index in [0.29, 0.717) is 6.29 Å². The lowest BCUT2D eigenvalue weighted by molar-refractivity contribution is 0.111. The molecule has 2 rings (SSSR count). The summed E-state index contributed by atoms with van der Waals surface area (Å²) in [5.74, 6) is -0.466. The van der Waals surface area contributed by atoms with Gasteiger partial charge in [-0.05, 0) is 18.2 Å². The van der Waals surface area contributed by atoms with Crippen LogP contribution in [-0.4, -0.2) is 11.3 Å². The van der Waals surface area contributed by atoms with Crippen LogP contribution in [0.15, 0.2) is 41.2 Å². The number of halogens is 1. The molecule has 80 valence electrons. The number of hydrogen-bond donors (Lipinski definition) is 1. The van der Waals surface area contributed by atoms with E-state index < -0.39 is 11.4 Å². The van der Waals surface area contributed by atoms with Crippen molar-refractivity contribution in [2.75, 3.05) is 0 Å². The van der Waals surface area contributed by atoms with Crippen molar-refractivity contribution < 1.29 is 9.18 Å². The van der Waals surface area contributed by atoms with Gasteiger partial charge in [0.25, 0.3) is 5.56 Å². The Labute approximate surface area is 90.6 Å². The van der Waals surface area contributed by atoms with Gasteiger partial charge in [0.15, 0.2) is 6.29 Å². The van der Waals surface area contributed by atoms with Gasteiger partial charge in [0.1, 0.15) is 5.82 Å². The summed E-state index contributed by atoms with van der Waals surface area (Å²) < 4.78 is 13.4. The highest BCUT2D eigenvalue weighted by Gasteiger charge is 2.08. The molecule has 0 bridgehead atoms. The Balaban J connectivity index is 2.62. The predicted molar refractivity (Wildman–Crippen MR) is 57.8 cm³/mol. The first-order chi connectivity index (χ1) is 7.72. The van der Waals surface area contributed by atoms with Gasteiger partial charge < -0.3 is 4.98 Å². The summed E-state index contributed by atoms with van der Waals surface area (Å²) in [7, 11) is 0. The SMILES string of the molecule is O=Cc1ccc(-c2ccccc2F)c(=O)[nH]1. The van der Waals surface area contributed by atoms with Crippen molar-refractivity contribution in [3.8, 4) is 11.1 Å². The van der Waals surface area contributed by atoms with Crippen molar-refractivity contribution in [1.29, 1.82) is 0 Å². The van der Waals surface area contributed by atoms with E-state index in [9.17, 15) is 14.0 Å². The molecule has 0 fully saturated rings. The molecule has 0 unspecified atom stereocenters. The maximum atomic E-state index is 13.4. The van der Waals surface area contributed by atoms with Crippen LogP contribution in [0.4, 0.5) is 4.39 Å². The minimum absolute atomic E-state index is 0.171. The van der Waals surface area contributed by atoms with Crippen LogP contribution in [0.2, 0.25) is 0 Å². The predicted octanol–water partition coefficient (Wildman–Crippen LogP) is 1.99. The maximum absolute atomic E-state index is 13.4. The number of benzene rings is 1. The number of pyridine rings is 1. The van der Waals surface area contributed by atoms with Gasteiger partial charge in [-0.15, -0.1) is 0 Å². The second kappa shape index (κ2) is 4.10. The van der Waals surface area contributed by atoms with E-state index in [4.69, 9.17) is 0 Å². The fourth-order valence-corrected chi connectivity index (χ4v) is 1.45. The molecule has 4 heteroatoms. The van der Waals surface area contributed by atoms with Gasteiger partial charge in [-0.25, -0.2) is 4.39 Å². The first-order valence-electron chi connectivity index (χ1n) is 4.66. The maximum Gasteiger partial charge on any atom is 0.256 e. The third-order valence-electron chi connectivity index (χ3n) is 2.22. The lowest BCUT2D eigenvalue weighted by Crippen LogP contribution is -2.11. The summed E-state index contributed by atoms with van der Waals surface area (Å²) in [5.41, 5.74) is 0.129. The topological polar surface area (TPSA) is 49.9 Å². The average Bonchev–Trinajstić information content (AvgIpc) is 2.30. The molecule has 0 saturated carbocycles. The molecule has 0 aliphatic heterocycles. The van der Waals surface area contributed by atoms with Crippen LogP contribution in [0.1, 0.15) is 10.5 Å². The standard InChI is InChI=1S/C12H8FNO2/c13-11-4-2-1-3-9(11)10-6-5-8(7-15)14-12(10)16/h1-7H,(H,14,16). The lowest BCUT2D eigenvalue weighted by atomic mass is 10.1. The fraction of sp³-hybridized carbons (Fsp3) is 0. The molecule has 1 aromatic heterocycles. The molecular weight excluding hydrogens is 209 g/mol. The quantitative estimate of drug-likeness (QED) is 0.782. The number of aromatic amines is 1. The van der Waals surface area contributed by atoms with Gasteiger partial charge in [0.2, 0.25) is 0 Å². The number of carbonyl (C=O) groups is 1. The van der Waals surface area contributed by atoms with Crippen LogP contribution in [0.5, 0.6) is 0 Å². The third-order valence-corrected chi connectivity index (χ3v) is 2.22. The monoisotopic (exact) mass is 217 g/mol. The van der Waals surface area contributed by atoms with Gasteiger partial charge in [-0.1, -0.05) is 18.2 Å². The molecule has 0 atom stereocenters. The highest BCUT2D eigenvalue weighted by Crippen LogP contribution is 2.18. The van der Waals surface area contributed by atoms with Crippen molar-refractivity contribution in [2.45, 2.75) is 0 Å². The molecule has 1 aromatic carbocycles. The molecule has 16 heavy (non-hydrogen) atoms. The molecule has 0 aliphatic rings. The average molecular weight is 217 g/mol. The number of carbonyl (C=O) groups excluding carboxylic acids is 1. The molecule has 3 nitrogen and oxygen atoms in total. The fourth-order valence-electron chi connectivity index (χ4n) is 1.45. The molecule has 1 N–H and O–H groups in total. The number of hydrogen-bond acceptors (Lipinski definition) is 2.